The highest BCUT2D eigenvalue weighted by Gasteiger charge is 2.12. The fraction of sp³-hybridized carbons (Fsp3) is 0.0556. The molecule has 0 fully saturated rings. The predicted molar refractivity (Wildman–Crippen MR) is 95.8 cm³/mol. The molecule has 0 aliphatic rings. The third-order valence-corrected chi connectivity index (χ3v) is 4.03. The summed E-state index contributed by atoms with van der Waals surface area (Å²) in [6.07, 6.45) is 3.02. The van der Waals surface area contributed by atoms with Crippen molar-refractivity contribution in [1.29, 1.82) is 0 Å². The third-order valence-electron chi connectivity index (χ3n) is 3.81. The summed E-state index contributed by atoms with van der Waals surface area (Å²) < 4.78 is 14.8. The second kappa shape index (κ2) is 6.61. The van der Waals surface area contributed by atoms with Crippen molar-refractivity contribution in [2.45, 2.75) is 6.54 Å². The minimum absolute atomic E-state index is 0.159. The summed E-state index contributed by atoms with van der Waals surface area (Å²) in [7, 11) is 0. The topological polar surface area (TPSA) is 75.6 Å². The van der Waals surface area contributed by atoms with Crippen molar-refractivity contribution in [3.8, 4) is 5.95 Å². The van der Waals surface area contributed by atoms with E-state index < -0.39 is 5.82 Å². The van der Waals surface area contributed by atoms with Crippen LogP contribution in [0.4, 0.5) is 4.39 Å². The summed E-state index contributed by atoms with van der Waals surface area (Å²) in [6, 6.07) is 11.7. The Morgan fingerprint density at radius 2 is 2.12 bits per heavy atom. The van der Waals surface area contributed by atoms with E-state index in [0.29, 0.717) is 17.1 Å². The van der Waals surface area contributed by atoms with Gasteiger partial charge in [0.15, 0.2) is 0 Å². The fourth-order valence-electron chi connectivity index (χ4n) is 2.60. The average molecular weight is 370 g/mol. The summed E-state index contributed by atoms with van der Waals surface area (Å²) in [5, 5.41) is 7.16. The van der Waals surface area contributed by atoms with Crippen LogP contribution < -0.4 is 5.32 Å². The minimum atomic E-state index is -0.445. The number of rotatable bonds is 4. The van der Waals surface area contributed by atoms with Crippen molar-refractivity contribution in [3.63, 3.8) is 0 Å². The SMILES string of the molecule is O=C(NCc1cc(F)cc(Cl)c1)c1cnn(-c2nc3ccccc3[nH]2)c1. The first-order chi connectivity index (χ1) is 12.6. The molecule has 2 aromatic heterocycles. The molecule has 0 radical (unpaired) electrons. The molecule has 0 unspecified atom stereocenters. The molecule has 0 aliphatic heterocycles. The van der Waals surface area contributed by atoms with E-state index in [1.165, 1.54) is 23.0 Å². The number of aromatic nitrogens is 4. The Labute approximate surface area is 152 Å². The van der Waals surface area contributed by atoms with E-state index in [-0.39, 0.29) is 17.5 Å². The number of H-pyrrole nitrogens is 1. The van der Waals surface area contributed by atoms with Crippen LogP contribution in [0, 0.1) is 5.82 Å². The molecule has 8 heteroatoms. The van der Waals surface area contributed by atoms with Crippen LogP contribution in [0.15, 0.2) is 54.9 Å². The number of imidazole rings is 1. The summed E-state index contributed by atoms with van der Waals surface area (Å²) >= 11 is 5.81. The second-order valence-electron chi connectivity index (χ2n) is 5.71. The molecule has 6 nitrogen and oxygen atoms in total. The molecular formula is C18H13ClFN5O. The lowest BCUT2D eigenvalue weighted by Gasteiger charge is -2.04. The van der Waals surface area contributed by atoms with Gasteiger partial charge in [-0.3, -0.25) is 4.79 Å². The van der Waals surface area contributed by atoms with Gasteiger partial charge < -0.3 is 10.3 Å². The number of amides is 1. The monoisotopic (exact) mass is 369 g/mol. The van der Waals surface area contributed by atoms with Crippen LogP contribution in [0.1, 0.15) is 15.9 Å². The predicted octanol–water partition coefficient (Wildman–Crippen LogP) is 3.47. The van der Waals surface area contributed by atoms with Crippen molar-refractivity contribution >= 4 is 28.5 Å². The van der Waals surface area contributed by atoms with E-state index in [4.69, 9.17) is 11.6 Å². The molecule has 1 amide bonds. The van der Waals surface area contributed by atoms with Crippen molar-refractivity contribution in [2.75, 3.05) is 0 Å². The number of nitrogens with one attached hydrogen (secondary N) is 2. The largest absolute Gasteiger partial charge is 0.348 e. The van der Waals surface area contributed by atoms with Gasteiger partial charge in [0.05, 0.1) is 22.8 Å². The van der Waals surface area contributed by atoms with Gasteiger partial charge in [-0.1, -0.05) is 23.7 Å². The van der Waals surface area contributed by atoms with E-state index in [1.54, 1.807) is 12.3 Å². The molecule has 0 saturated heterocycles. The van der Waals surface area contributed by atoms with Gasteiger partial charge in [-0.25, -0.2) is 14.1 Å². The number of carbonyl (C=O) groups is 1. The third kappa shape index (κ3) is 3.29. The second-order valence-corrected chi connectivity index (χ2v) is 6.15. The van der Waals surface area contributed by atoms with Gasteiger partial charge in [0.25, 0.3) is 5.91 Å². The molecular weight excluding hydrogens is 357 g/mol. The standard InChI is InChI=1S/C18H13ClFN5O/c19-13-5-11(6-14(20)7-13)8-21-17(26)12-9-22-25(10-12)18-23-15-3-1-2-4-16(15)24-18/h1-7,9-10H,8H2,(H,21,26)(H,23,24). The first-order valence-corrected chi connectivity index (χ1v) is 8.19. The van der Waals surface area contributed by atoms with Crippen molar-refractivity contribution in [1.82, 2.24) is 25.1 Å². The van der Waals surface area contributed by atoms with Gasteiger partial charge in [0, 0.05) is 17.8 Å². The van der Waals surface area contributed by atoms with E-state index in [0.717, 1.165) is 11.0 Å². The first kappa shape index (κ1) is 16.3. The molecule has 0 atom stereocenters. The highest BCUT2D eigenvalue weighted by atomic mass is 35.5. The van der Waals surface area contributed by atoms with Crippen molar-refractivity contribution < 1.29 is 9.18 Å². The molecule has 4 aromatic rings. The maximum Gasteiger partial charge on any atom is 0.254 e. The maximum absolute atomic E-state index is 13.3. The van der Waals surface area contributed by atoms with Gasteiger partial charge in [0.1, 0.15) is 5.82 Å². The Bertz CT molecular complexity index is 1050. The van der Waals surface area contributed by atoms with Gasteiger partial charge in [-0.2, -0.15) is 5.10 Å². The van der Waals surface area contributed by atoms with Crippen LogP contribution in [0.2, 0.25) is 5.02 Å². The summed E-state index contributed by atoms with van der Waals surface area (Å²) in [5.41, 5.74) is 2.64. The minimum Gasteiger partial charge on any atom is -0.348 e. The van der Waals surface area contributed by atoms with E-state index in [1.807, 2.05) is 24.3 Å². The maximum atomic E-state index is 13.3. The van der Waals surface area contributed by atoms with Gasteiger partial charge in [0.2, 0.25) is 5.95 Å². The quantitative estimate of drug-likeness (QED) is 0.578. The lowest BCUT2D eigenvalue weighted by Crippen LogP contribution is -2.22. The van der Waals surface area contributed by atoms with Crippen LogP contribution in [0.3, 0.4) is 0 Å². The normalized spacial score (nSPS) is 11.0. The summed E-state index contributed by atoms with van der Waals surface area (Å²) in [6.45, 7) is 0.159. The number of halogens is 2. The number of aromatic amines is 1. The molecule has 0 bridgehead atoms. The number of fused-ring (bicyclic) bond motifs is 1. The number of hydrogen-bond acceptors (Lipinski definition) is 3. The van der Waals surface area contributed by atoms with Gasteiger partial charge in [-0.05, 0) is 35.9 Å². The Hall–Kier alpha value is -3.19. The Balaban J connectivity index is 1.49. The molecule has 4 rings (SSSR count). The molecule has 0 aliphatic carbocycles. The van der Waals surface area contributed by atoms with Crippen LogP contribution in [-0.2, 0) is 6.54 Å². The molecule has 26 heavy (non-hydrogen) atoms. The van der Waals surface area contributed by atoms with Gasteiger partial charge in [-0.15, -0.1) is 0 Å². The fourth-order valence-corrected chi connectivity index (χ4v) is 2.85. The highest BCUT2D eigenvalue weighted by Crippen LogP contribution is 2.15. The summed E-state index contributed by atoms with van der Waals surface area (Å²) in [4.78, 5) is 19.8. The first-order valence-electron chi connectivity index (χ1n) is 7.81. The van der Waals surface area contributed by atoms with Crippen LogP contribution in [-0.4, -0.2) is 25.7 Å². The zero-order valence-corrected chi connectivity index (χ0v) is 14.2. The molecule has 2 heterocycles. The van der Waals surface area contributed by atoms with Gasteiger partial charge >= 0.3 is 0 Å². The highest BCUT2D eigenvalue weighted by molar-refractivity contribution is 6.30. The molecule has 2 aromatic carbocycles. The zero-order valence-electron chi connectivity index (χ0n) is 13.4. The van der Waals surface area contributed by atoms with Crippen LogP contribution in [0.25, 0.3) is 17.0 Å². The lowest BCUT2D eigenvalue weighted by atomic mass is 10.2. The molecule has 0 saturated carbocycles. The Kier molecular flexibility index (Phi) is 4.14. The zero-order chi connectivity index (χ0) is 18.1. The smallest absolute Gasteiger partial charge is 0.254 e. The lowest BCUT2D eigenvalue weighted by molar-refractivity contribution is 0.0951. The molecule has 2 N–H and O–H groups in total. The van der Waals surface area contributed by atoms with E-state index in [2.05, 4.69) is 20.4 Å². The van der Waals surface area contributed by atoms with Crippen LogP contribution in [0.5, 0.6) is 0 Å². The number of nitrogens with zero attached hydrogens (tertiary/aromatic N) is 3. The van der Waals surface area contributed by atoms with Crippen molar-refractivity contribution in [2.24, 2.45) is 0 Å². The Morgan fingerprint density at radius 1 is 1.27 bits per heavy atom. The number of carbonyl (C=O) groups excluding carboxylic acids is 1. The number of benzene rings is 2. The number of hydrogen-bond donors (Lipinski definition) is 2. The van der Waals surface area contributed by atoms with Crippen molar-refractivity contribution in [3.05, 3.63) is 76.8 Å². The number of para-hydroxylation sites is 2. The molecule has 130 valence electrons. The van der Waals surface area contributed by atoms with E-state index >= 15 is 0 Å². The average Bonchev–Trinajstić information content (AvgIpc) is 3.25. The Morgan fingerprint density at radius 3 is 2.92 bits per heavy atom. The van der Waals surface area contributed by atoms with E-state index in [9.17, 15) is 9.18 Å². The van der Waals surface area contributed by atoms with Crippen LogP contribution >= 0.6 is 11.6 Å². The summed E-state index contributed by atoms with van der Waals surface area (Å²) in [5.74, 6) is -0.255. The molecule has 0 spiro atoms.